The zero-order chi connectivity index (χ0) is 18.1. The van der Waals surface area contributed by atoms with Gasteiger partial charge in [-0.25, -0.2) is 0 Å². The van der Waals surface area contributed by atoms with Crippen molar-refractivity contribution in [2.24, 2.45) is 17.6 Å². The lowest BCUT2D eigenvalue weighted by molar-refractivity contribution is -0.141. The minimum atomic E-state index is -0.842. The molecule has 0 aliphatic carbocycles. The molecule has 4 atom stereocenters. The average Bonchev–Trinajstić information content (AvgIpc) is 2.87. The first-order valence-corrected chi connectivity index (χ1v) is 8.19. The van der Waals surface area contributed by atoms with Crippen molar-refractivity contribution in [1.82, 2.24) is 10.2 Å². The number of nitrogens with one attached hydrogen (secondary N) is 1. The molecule has 1 spiro atoms. The number of rotatable bonds is 3. The summed E-state index contributed by atoms with van der Waals surface area (Å²) in [5.41, 5.74) is 4.14. The smallest absolute Gasteiger partial charge is 0.237 e. The Morgan fingerprint density at radius 2 is 2.08 bits per heavy atom. The van der Waals surface area contributed by atoms with Crippen LogP contribution in [0.15, 0.2) is 11.6 Å². The van der Waals surface area contributed by atoms with Crippen LogP contribution in [-0.4, -0.2) is 52.5 Å². The van der Waals surface area contributed by atoms with Gasteiger partial charge in [0, 0.05) is 5.54 Å². The lowest BCUT2D eigenvalue weighted by atomic mass is 9.68. The minimum absolute atomic E-state index is 0.155. The molecule has 7 nitrogen and oxygen atoms in total. The Balaban J connectivity index is 1.99. The SMILES string of the molecule is CC1=C[C@@]23CN(CC(N)=O)C(=O)[C@@H]2[C@H](C(=O)NC(C)(C)C)[C@@]1(C)O3. The number of amides is 3. The van der Waals surface area contributed by atoms with Gasteiger partial charge in [-0.15, -0.1) is 0 Å². The molecule has 0 aromatic rings. The Labute approximate surface area is 141 Å². The number of carbonyl (C=O) groups is 3. The van der Waals surface area contributed by atoms with E-state index in [9.17, 15) is 14.4 Å². The van der Waals surface area contributed by atoms with Gasteiger partial charge in [0.15, 0.2) is 0 Å². The van der Waals surface area contributed by atoms with E-state index >= 15 is 0 Å². The van der Waals surface area contributed by atoms with Gasteiger partial charge in [-0.2, -0.15) is 0 Å². The molecule has 3 rings (SSSR count). The molecule has 2 saturated heterocycles. The van der Waals surface area contributed by atoms with Crippen LogP contribution in [0.3, 0.4) is 0 Å². The maximum Gasteiger partial charge on any atom is 0.237 e. The minimum Gasteiger partial charge on any atom is -0.368 e. The molecule has 3 aliphatic rings. The molecule has 7 heteroatoms. The van der Waals surface area contributed by atoms with E-state index in [4.69, 9.17) is 10.5 Å². The molecule has 3 N–H and O–H groups in total. The highest BCUT2D eigenvalue weighted by atomic mass is 16.5. The van der Waals surface area contributed by atoms with E-state index in [1.54, 1.807) is 0 Å². The molecule has 2 bridgehead atoms. The van der Waals surface area contributed by atoms with Crippen molar-refractivity contribution in [3.05, 3.63) is 11.6 Å². The number of nitrogens with zero attached hydrogens (tertiary/aromatic N) is 1. The van der Waals surface area contributed by atoms with E-state index in [1.165, 1.54) is 4.90 Å². The summed E-state index contributed by atoms with van der Waals surface area (Å²) >= 11 is 0. The van der Waals surface area contributed by atoms with Crippen LogP contribution in [-0.2, 0) is 19.1 Å². The van der Waals surface area contributed by atoms with E-state index in [1.807, 2.05) is 40.7 Å². The maximum atomic E-state index is 12.9. The molecule has 132 valence electrons. The topological polar surface area (TPSA) is 102 Å². The van der Waals surface area contributed by atoms with Gasteiger partial charge < -0.3 is 20.7 Å². The summed E-state index contributed by atoms with van der Waals surface area (Å²) < 4.78 is 6.25. The fraction of sp³-hybridized carbons (Fsp3) is 0.706. The van der Waals surface area contributed by atoms with Crippen molar-refractivity contribution < 1.29 is 19.1 Å². The summed E-state index contributed by atoms with van der Waals surface area (Å²) in [6.45, 7) is 9.58. The van der Waals surface area contributed by atoms with Crippen LogP contribution in [0.4, 0.5) is 0 Å². The highest BCUT2D eigenvalue weighted by molar-refractivity contribution is 5.95. The van der Waals surface area contributed by atoms with Gasteiger partial charge in [0.2, 0.25) is 17.7 Å². The number of hydrogen-bond acceptors (Lipinski definition) is 4. The van der Waals surface area contributed by atoms with Gasteiger partial charge in [-0.05, 0) is 46.3 Å². The summed E-state index contributed by atoms with van der Waals surface area (Å²) in [4.78, 5) is 38.4. The molecule has 0 aromatic carbocycles. The average molecular weight is 335 g/mol. The molecule has 3 heterocycles. The second-order valence-corrected chi connectivity index (χ2v) is 8.35. The Hall–Kier alpha value is -1.89. The number of primary amides is 1. The second kappa shape index (κ2) is 4.81. The van der Waals surface area contributed by atoms with E-state index in [0.29, 0.717) is 0 Å². The number of likely N-dealkylation sites (tertiary alicyclic amines) is 1. The van der Waals surface area contributed by atoms with Crippen LogP contribution in [0.2, 0.25) is 0 Å². The van der Waals surface area contributed by atoms with Gasteiger partial charge in [0.05, 0.1) is 30.5 Å². The third kappa shape index (κ3) is 2.25. The molecule has 0 unspecified atom stereocenters. The lowest BCUT2D eigenvalue weighted by Crippen LogP contribution is -2.53. The molecule has 0 aromatic heterocycles. The number of nitrogens with two attached hydrogens (primary N) is 1. The Morgan fingerprint density at radius 3 is 2.62 bits per heavy atom. The van der Waals surface area contributed by atoms with Crippen LogP contribution >= 0.6 is 0 Å². The Kier molecular flexibility index (Phi) is 3.40. The second-order valence-electron chi connectivity index (χ2n) is 8.35. The van der Waals surface area contributed by atoms with E-state index in [-0.39, 0.29) is 24.9 Å². The first-order chi connectivity index (χ1) is 10.9. The van der Waals surface area contributed by atoms with Crippen molar-refractivity contribution in [3.63, 3.8) is 0 Å². The fourth-order valence-electron chi connectivity index (χ4n) is 4.35. The van der Waals surface area contributed by atoms with Gasteiger partial charge in [-0.3, -0.25) is 14.4 Å². The van der Waals surface area contributed by atoms with Crippen LogP contribution in [0, 0.1) is 11.8 Å². The Morgan fingerprint density at radius 1 is 1.46 bits per heavy atom. The fourth-order valence-corrected chi connectivity index (χ4v) is 4.35. The van der Waals surface area contributed by atoms with Gasteiger partial charge in [0.1, 0.15) is 5.60 Å². The van der Waals surface area contributed by atoms with Crippen molar-refractivity contribution in [3.8, 4) is 0 Å². The zero-order valence-corrected chi connectivity index (χ0v) is 14.8. The molecule has 0 radical (unpaired) electrons. The van der Waals surface area contributed by atoms with Gasteiger partial charge >= 0.3 is 0 Å². The normalized spacial score (nSPS) is 37.5. The standard InChI is InChI=1S/C17H25N3O4/c1-9-6-17-8-20(7-10(18)21)14(23)12(17)11(16(9,5)24-17)13(22)19-15(2,3)4/h6,11-12H,7-8H2,1-5H3,(H2,18,21)(H,19,22)/t11-,12+,16+,17-/m1/s1. The van der Waals surface area contributed by atoms with E-state index < -0.39 is 34.5 Å². The predicted molar refractivity (Wildman–Crippen MR) is 86.6 cm³/mol. The summed E-state index contributed by atoms with van der Waals surface area (Å²) in [6, 6.07) is 0. The number of carbonyl (C=O) groups excluding carboxylic acids is 3. The van der Waals surface area contributed by atoms with Crippen molar-refractivity contribution in [1.29, 1.82) is 0 Å². The zero-order valence-electron chi connectivity index (χ0n) is 14.8. The third-order valence-electron chi connectivity index (χ3n) is 5.24. The molecule has 3 aliphatic heterocycles. The summed E-state index contributed by atoms with van der Waals surface area (Å²) in [5.74, 6) is -2.24. The van der Waals surface area contributed by atoms with Crippen molar-refractivity contribution >= 4 is 17.7 Å². The highest BCUT2D eigenvalue weighted by Gasteiger charge is 2.72. The van der Waals surface area contributed by atoms with Crippen LogP contribution in [0.5, 0.6) is 0 Å². The van der Waals surface area contributed by atoms with Crippen molar-refractivity contribution in [2.75, 3.05) is 13.1 Å². The quantitative estimate of drug-likeness (QED) is 0.706. The molecule has 0 saturated carbocycles. The number of fused-ring (bicyclic) bond motifs is 1. The highest BCUT2D eigenvalue weighted by Crippen LogP contribution is 2.59. The van der Waals surface area contributed by atoms with Crippen LogP contribution < -0.4 is 11.1 Å². The maximum absolute atomic E-state index is 12.9. The van der Waals surface area contributed by atoms with Crippen LogP contribution in [0.1, 0.15) is 34.6 Å². The van der Waals surface area contributed by atoms with Crippen molar-refractivity contribution in [2.45, 2.75) is 51.4 Å². The molecular weight excluding hydrogens is 310 g/mol. The molecule has 24 heavy (non-hydrogen) atoms. The first-order valence-electron chi connectivity index (χ1n) is 8.19. The van der Waals surface area contributed by atoms with Gasteiger partial charge in [-0.1, -0.05) is 0 Å². The number of ether oxygens (including phenoxy) is 1. The monoisotopic (exact) mass is 335 g/mol. The number of hydrogen-bond donors (Lipinski definition) is 2. The molecular formula is C17H25N3O4. The van der Waals surface area contributed by atoms with E-state index in [2.05, 4.69) is 5.32 Å². The first kappa shape index (κ1) is 17.0. The lowest BCUT2D eigenvalue weighted by Gasteiger charge is -2.34. The molecule has 2 fully saturated rings. The largest absolute Gasteiger partial charge is 0.368 e. The third-order valence-corrected chi connectivity index (χ3v) is 5.24. The summed E-state index contributed by atoms with van der Waals surface area (Å²) in [6.07, 6.45) is 1.94. The molecule has 3 amide bonds. The summed E-state index contributed by atoms with van der Waals surface area (Å²) in [7, 11) is 0. The predicted octanol–water partition coefficient (Wildman–Crippen LogP) is -0.0514. The van der Waals surface area contributed by atoms with Gasteiger partial charge in [0.25, 0.3) is 0 Å². The summed E-state index contributed by atoms with van der Waals surface area (Å²) in [5, 5.41) is 2.97. The van der Waals surface area contributed by atoms with E-state index in [0.717, 1.165) is 5.57 Å². The Bertz CT molecular complexity index is 665. The van der Waals surface area contributed by atoms with Crippen LogP contribution in [0.25, 0.3) is 0 Å².